The van der Waals surface area contributed by atoms with Crippen molar-refractivity contribution >= 4 is 17.5 Å². The fourth-order valence-corrected chi connectivity index (χ4v) is 3.09. The number of hydrogen-bond donors (Lipinski definition) is 1. The van der Waals surface area contributed by atoms with E-state index in [2.05, 4.69) is 24.1 Å². The van der Waals surface area contributed by atoms with Gasteiger partial charge in [-0.25, -0.2) is 0 Å². The highest BCUT2D eigenvalue weighted by molar-refractivity contribution is 6.30. The van der Waals surface area contributed by atoms with Gasteiger partial charge in [0.2, 0.25) is 5.91 Å². The Morgan fingerprint density at radius 2 is 1.84 bits per heavy atom. The monoisotopic (exact) mass is 362 g/mol. The molecular formula is C20H27ClN2O2. The van der Waals surface area contributed by atoms with Gasteiger partial charge in [-0.15, -0.1) is 0 Å². The first-order chi connectivity index (χ1) is 11.9. The van der Waals surface area contributed by atoms with E-state index in [-0.39, 0.29) is 11.9 Å². The topological polar surface area (TPSA) is 45.5 Å². The molecule has 136 valence electrons. The van der Waals surface area contributed by atoms with Gasteiger partial charge in [-0.2, -0.15) is 0 Å². The highest BCUT2D eigenvalue weighted by atomic mass is 35.5. The Hall–Kier alpha value is -1.78. The Bertz CT molecular complexity index is 662. The molecule has 0 saturated heterocycles. The predicted molar refractivity (Wildman–Crippen MR) is 102 cm³/mol. The minimum Gasteiger partial charge on any atom is -0.468 e. The summed E-state index contributed by atoms with van der Waals surface area (Å²) in [5.74, 6) is 0.854. The van der Waals surface area contributed by atoms with Crippen LogP contribution >= 0.6 is 11.6 Å². The summed E-state index contributed by atoms with van der Waals surface area (Å²) in [5, 5.41) is 3.77. The van der Waals surface area contributed by atoms with Crippen LogP contribution in [0.5, 0.6) is 0 Å². The molecule has 1 heterocycles. The molecule has 0 fully saturated rings. The number of amides is 1. The van der Waals surface area contributed by atoms with E-state index < -0.39 is 5.41 Å². The lowest BCUT2D eigenvalue weighted by molar-refractivity contribution is -0.126. The standard InChI is InChI=1S/C20H27ClN2O2/c1-5-23(6-2)17(18-8-7-13-25-18)14-22-19(24)20(3,4)15-9-11-16(21)12-10-15/h7-13,17H,5-6,14H2,1-4H3,(H,22,24). The summed E-state index contributed by atoms with van der Waals surface area (Å²) in [7, 11) is 0. The minimum atomic E-state index is -0.637. The van der Waals surface area contributed by atoms with Crippen LogP contribution in [0.1, 0.15) is 45.1 Å². The van der Waals surface area contributed by atoms with Crippen LogP contribution in [0, 0.1) is 0 Å². The summed E-state index contributed by atoms with van der Waals surface area (Å²) >= 11 is 5.95. The maximum Gasteiger partial charge on any atom is 0.230 e. The molecule has 0 aliphatic rings. The van der Waals surface area contributed by atoms with E-state index in [4.69, 9.17) is 16.0 Å². The number of furan rings is 1. The van der Waals surface area contributed by atoms with Crippen LogP contribution in [-0.2, 0) is 10.2 Å². The van der Waals surface area contributed by atoms with Crippen molar-refractivity contribution in [1.29, 1.82) is 0 Å². The zero-order valence-corrected chi connectivity index (χ0v) is 16.1. The third-order valence-electron chi connectivity index (χ3n) is 4.71. The molecule has 2 rings (SSSR count). The van der Waals surface area contributed by atoms with Crippen LogP contribution in [0.15, 0.2) is 47.1 Å². The summed E-state index contributed by atoms with van der Waals surface area (Å²) < 4.78 is 5.59. The molecule has 1 amide bonds. The van der Waals surface area contributed by atoms with Crippen molar-refractivity contribution in [2.75, 3.05) is 19.6 Å². The zero-order valence-electron chi connectivity index (χ0n) is 15.4. The average Bonchev–Trinajstić information content (AvgIpc) is 3.13. The predicted octanol–water partition coefficient (Wildman–Crippen LogP) is 4.41. The van der Waals surface area contributed by atoms with Crippen molar-refractivity contribution < 1.29 is 9.21 Å². The number of hydrogen-bond acceptors (Lipinski definition) is 3. The second-order valence-electron chi connectivity index (χ2n) is 6.59. The number of rotatable bonds is 8. The van der Waals surface area contributed by atoms with Gasteiger partial charge in [0.1, 0.15) is 5.76 Å². The Kier molecular flexibility index (Phi) is 6.68. The summed E-state index contributed by atoms with van der Waals surface area (Å²) in [4.78, 5) is 15.1. The number of nitrogens with zero attached hydrogens (tertiary/aromatic N) is 1. The van der Waals surface area contributed by atoms with Gasteiger partial charge >= 0.3 is 0 Å². The molecule has 0 aliphatic heterocycles. The van der Waals surface area contributed by atoms with Gasteiger partial charge in [-0.1, -0.05) is 37.6 Å². The van der Waals surface area contributed by atoms with Crippen molar-refractivity contribution in [1.82, 2.24) is 10.2 Å². The minimum absolute atomic E-state index is 0.0152. The van der Waals surface area contributed by atoms with Gasteiger partial charge in [-0.3, -0.25) is 9.69 Å². The Morgan fingerprint density at radius 3 is 2.36 bits per heavy atom. The molecule has 0 aliphatic carbocycles. The maximum atomic E-state index is 12.8. The molecule has 1 N–H and O–H groups in total. The zero-order chi connectivity index (χ0) is 18.4. The van der Waals surface area contributed by atoms with Crippen LogP contribution in [0.2, 0.25) is 5.02 Å². The lowest BCUT2D eigenvalue weighted by Gasteiger charge is -2.30. The largest absolute Gasteiger partial charge is 0.468 e. The van der Waals surface area contributed by atoms with E-state index >= 15 is 0 Å². The van der Waals surface area contributed by atoms with E-state index in [1.165, 1.54) is 0 Å². The first kappa shape index (κ1) is 19.5. The molecule has 1 aromatic carbocycles. The third-order valence-corrected chi connectivity index (χ3v) is 4.97. The van der Waals surface area contributed by atoms with Crippen molar-refractivity contribution in [2.24, 2.45) is 0 Å². The first-order valence-electron chi connectivity index (χ1n) is 8.71. The molecule has 0 saturated carbocycles. The van der Waals surface area contributed by atoms with E-state index in [9.17, 15) is 4.79 Å². The number of benzene rings is 1. The molecule has 1 aromatic heterocycles. The lowest BCUT2D eigenvalue weighted by atomic mass is 9.83. The fraction of sp³-hybridized carbons (Fsp3) is 0.450. The van der Waals surface area contributed by atoms with Crippen molar-refractivity contribution in [3.05, 3.63) is 59.0 Å². The number of halogens is 1. The lowest BCUT2D eigenvalue weighted by Crippen LogP contribution is -2.44. The Balaban J connectivity index is 2.11. The van der Waals surface area contributed by atoms with Crippen molar-refractivity contribution in [2.45, 2.75) is 39.2 Å². The molecule has 0 radical (unpaired) electrons. The van der Waals surface area contributed by atoms with E-state index in [0.29, 0.717) is 11.6 Å². The Labute approximate surface area is 155 Å². The van der Waals surface area contributed by atoms with Crippen molar-refractivity contribution in [3.8, 4) is 0 Å². The van der Waals surface area contributed by atoms with E-state index in [1.54, 1.807) is 6.26 Å². The van der Waals surface area contributed by atoms with Gasteiger partial charge in [0.15, 0.2) is 0 Å². The summed E-state index contributed by atoms with van der Waals surface area (Å²) in [6.45, 7) is 10.3. The fourth-order valence-electron chi connectivity index (χ4n) is 2.96. The summed E-state index contributed by atoms with van der Waals surface area (Å²) in [5.41, 5.74) is 0.300. The third kappa shape index (κ3) is 4.65. The average molecular weight is 363 g/mol. The first-order valence-corrected chi connectivity index (χ1v) is 9.09. The SMILES string of the molecule is CCN(CC)C(CNC(=O)C(C)(C)c1ccc(Cl)cc1)c1ccco1. The number of carbonyl (C=O) groups is 1. The quantitative estimate of drug-likeness (QED) is 0.756. The number of carbonyl (C=O) groups excluding carboxylic acids is 1. The highest BCUT2D eigenvalue weighted by Gasteiger charge is 2.31. The van der Waals surface area contributed by atoms with Gasteiger partial charge in [0, 0.05) is 11.6 Å². The van der Waals surface area contributed by atoms with Crippen LogP contribution in [0.25, 0.3) is 0 Å². The Morgan fingerprint density at radius 1 is 1.20 bits per heavy atom. The van der Waals surface area contributed by atoms with Gasteiger partial charge in [0.25, 0.3) is 0 Å². The van der Waals surface area contributed by atoms with Gasteiger partial charge in [-0.05, 0) is 56.8 Å². The molecule has 1 unspecified atom stereocenters. The molecule has 5 heteroatoms. The second-order valence-corrected chi connectivity index (χ2v) is 7.03. The molecule has 0 spiro atoms. The highest BCUT2D eigenvalue weighted by Crippen LogP contribution is 2.26. The molecule has 25 heavy (non-hydrogen) atoms. The van der Waals surface area contributed by atoms with Crippen LogP contribution in [0.3, 0.4) is 0 Å². The molecule has 1 atom stereocenters. The second kappa shape index (κ2) is 8.54. The molecule has 4 nitrogen and oxygen atoms in total. The maximum absolute atomic E-state index is 12.8. The molecule has 2 aromatic rings. The normalized spacial score (nSPS) is 13.0. The van der Waals surface area contributed by atoms with E-state index in [0.717, 1.165) is 24.4 Å². The van der Waals surface area contributed by atoms with Gasteiger partial charge in [0.05, 0.1) is 17.7 Å². The smallest absolute Gasteiger partial charge is 0.230 e. The van der Waals surface area contributed by atoms with Crippen LogP contribution in [0.4, 0.5) is 0 Å². The number of likely N-dealkylation sites (N-methyl/N-ethyl adjacent to an activating group) is 1. The van der Waals surface area contributed by atoms with Gasteiger partial charge < -0.3 is 9.73 Å². The van der Waals surface area contributed by atoms with Crippen molar-refractivity contribution in [3.63, 3.8) is 0 Å². The summed E-state index contributed by atoms with van der Waals surface area (Å²) in [6, 6.07) is 11.3. The number of nitrogens with one attached hydrogen (secondary N) is 1. The van der Waals surface area contributed by atoms with E-state index in [1.807, 2.05) is 50.2 Å². The van der Waals surface area contributed by atoms with Crippen LogP contribution < -0.4 is 5.32 Å². The molecular weight excluding hydrogens is 336 g/mol. The van der Waals surface area contributed by atoms with Crippen LogP contribution in [-0.4, -0.2) is 30.4 Å². The summed E-state index contributed by atoms with van der Waals surface area (Å²) in [6.07, 6.45) is 1.67. The molecule has 0 bridgehead atoms.